The SMILES string of the molecule is COc1cc(/C=N/Nc2ccc([N+](=O)[O-])cc2[N+](=O)[O-])c(Br)cc1OCc1ccccc1F. The van der Waals surface area contributed by atoms with E-state index in [4.69, 9.17) is 9.47 Å². The number of anilines is 1. The average Bonchev–Trinajstić information content (AvgIpc) is 2.79. The van der Waals surface area contributed by atoms with Gasteiger partial charge in [-0.15, -0.1) is 0 Å². The van der Waals surface area contributed by atoms with E-state index in [0.29, 0.717) is 27.1 Å². The molecule has 0 amide bonds. The molecule has 0 heterocycles. The molecule has 0 fully saturated rings. The zero-order valence-corrected chi connectivity index (χ0v) is 18.6. The van der Waals surface area contributed by atoms with Crippen LogP contribution in [0.2, 0.25) is 0 Å². The summed E-state index contributed by atoms with van der Waals surface area (Å²) in [5, 5.41) is 26.0. The van der Waals surface area contributed by atoms with E-state index in [9.17, 15) is 24.6 Å². The molecule has 12 heteroatoms. The zero-order chi connectivity index (χ0) is 24.0. The van der Waals surface area contributed by atoms with Gasteiger partial charge in [-0.3, -0.25) is 25.7 Å². The van der Waals surface area contributed by atoms with Gasteiger partial charge in [-0.05, 0) is 40.2 Å². The normalized spacial score (nSPS) is 10.8. The number of benzene rings is 3. The number of rotatable bonds is 9. The van der Waals surface area contributed by atoms with Crippen molar-refractivity contribution in [1.29, 1.82) is 0 Å². The molecule has 0 bridgehead atoms. The van der Waals surface area contributed by atoms with Crippen molar-refractivity contribution in [2.24, 2.45) is 5.10 Å². The Balaban J connectivity index is 1.78. The summed E-state index contributed by atoms with van der Waals surface area (Å²) in [5.74, 6) is 0.340. The standard InChI is InChI=1S/C21H16BrFN4O6/c1-32-20-8-14(16(22)10-21(20)33-12-13-4-2-3-5-17(13)23)11-24-25-18-7-6-15(26(28)29)9-19(18)27(30)31/h2-11,25H,12H2,1H3/b24-11+. The molecular weight excluding hydrogens is 503 g/mol. The number of nitro groups is 2. The third-order valence-electron chi connectivity index (χ3n) is 4.40. The van der Waals surface area contributed by atoms with Crippen LogP contribution in [0.25, 0.3) is 0 Å². The number of ether oxygens (including phenoxy) is 2. The van der Waals surface area contributed by atoms with E-state index in [2.05, 4.69) is 26.5 Å². The lowest BCUT2D eigenvalue weighted by Gasteiger charge is -2.13. The Morgan fingerprint density at radius 2 is 1.85 bits per heavy atom. The molecule has 0 unspecified atom stereocenters. The molecule has 3 rings (SSSR count). The molecule has 10 nitrogen and oxygen atoms in total. The molecule has 33 heavy (non-hydrogen) atoms. The van der Waals surface area contributed by atoms with Gasteiger partial charge >= 0.3 is 5.69 Å². The lowest BCUT2D eigenvalue weighted by atomic mass is 10.2. The molecule has 0 spiro atoms. The van der Waals surface area contributed by atoms with Gasteiger partial charge in [-0.2, -0.15) is 5.10 Å². The monoisotopic (exact) mass is 518 g/mol. The highest BCUT2D eigenvalue weighted by molar-refractivity contribution is 9.10. The van der Waals surface area contributed by atoms with Crippen LogP contribution >= 0.6 is 15.9 Å². The summed E-state index contributed by atoms with van der Waals surface area (Å²) in [6.07, 6.45) is 1.37. The molecule has 1 N–H and O–H groups in total. The molecule has 0 aliphatic carbocycles. The number of nitro benzene ring substituents is 2. The van der Waals surface area contributed by atoms with Crippen molar-refractivity contribution in [1.82, 2.24) is 0 Å². The fourth-order valence-electron chi connectivity index (χ4n) is 2.74. The van der Waals surface area contributed by atoms with E-state index in [1.165, 1.54) is 25.5 Å². The van der Waals surface area contributed by atoms with E-state index in [-0.39, 0.29) is 18.1 Å². The Morgan fingerprint density at radius 1 is 1.09 bits per heavy atom. The topological polar surface area (TPSA) is 129 Å². The summed E-state index contributed by atoms with van der Waals surface area (Å²) in [5.41, 5.74) is 2.52. The first-order valence-electron chi connectivity index (χ1n) is 9.25. The Kier molecular flexibility index (Phi) is 7.51. The van der Waals surface area contributed by atoms with Gasteiger partial charge in [-0.25, -0.2) is 4.39 Å². The largest absolute Gasteiger partial charge is 0.493 e. The van der Waals surface area contributed by atoms with E-state index in [1.807, 2.05) is 0 Å². The molecule has 0 aliphatic heterocycles. The van der Waals surface area contributed by atoms with Gasteiger partial charge < -0.3 is 9.47 Å². The molecule has 3 aromatic rings. The van der Waals surface area contributed by atoms with Crippen LogP contribution < -0.4 is 14.9 Å². The highest BCUT2D eigenvalue weighted by Gasteiger charge is 2.19. The molecule has 0 radical (unpaired) electrons. The first kappa shape index (κ1) is 23.6. The quantitative estimate of drug-likeness (QED) is 0.227. The van der Waals surface area contributed by atoms with Crippen LogP contribution in [-0.4, -0.2) is 23.2 Å². The fraction of sp³-hybridized carbons (Fsp3) is 0.0952. The van der Waals surface area contributed by atoms with Gasteiger partial charge in [0.25, 0.3) is 5.69 Å². The van der Waals surface area contributed by atoms with Gasteiger partial charge in [0.1, 0.15) is 18.1 Å². The number of nitrogens with one attached hydrogen (secondary N) is 1. The van der Waals surface area contributed by atoms with Gasteiger partial charge in [0.05, 0.1) is 29.2 Å². The lowest BCUT2D eigenvalue weighted by Crippen LogP contribution is -2.01. The van der Waals surface area contributed by atoms with Crippen LogP contribution in [0.3, 0.4) is 0 Å². The second kappa shape index (κ2) is 10.5. The van der Waals surface area contributed by atoms with Crippen molar-refractivity contribution >= 4 is 39.2 Å². The molecular formula is C21H16BrFN4O6. The predicted molar refractivity (Wildman–Crippen MR) is 122 cm³/mol. The number of methoxy groups -OCH3 is 1. The average molecular weight is 519 g/mol. The van der Waals surface area contributed by atoms with Crippen molar-refractivity contribution in [3.8, 4) is 11.5 Å². The summed E-state index contributed by atoms with van der Waals surface area (Å²) in [6, 6.07) is 12.6. The zero-order valence-electron chi connectivity index (χ0n) is 17.0. The van der Waals surface area contributed by atoms with Crippen molar-refractivity contribution in [2.75, 3.05) is 12.5 Å². The van der Waals surface area contributed by atoms with Crippen molar-refractivity contribution in [2.45, 2.75) is 6.61 Å². The number of nitrogens with zero attached hydrogens (tertiary/aromatic N) is 3. The summed E-state index contributed by atoms with van der Waals surface area (Å²) >= 11 is 3.39. The number of halogens is 2. The van der Waals surface area contributed by atoms with Gasteiger partial charge in [-0.1, -0.05) is 18.2 Å². The van der Waals surface area contributed by atoms with E-state index in [0.717, 1.165) is 12.1 Å². The third kappa shape index (κ3) is 5.80. The van der Waals surface area contributed by atoms with E-state index < -0.39 is 21.2 Å². The van der Waals surface area contributed by atoms with Gasteiger partial charge in [0.2, 0.25) is 0 Å². The molecule has 170 valence electrons. The molecule has 0 atom stereocenters. The fourth-order valence-corrected chi connectivity index (χ4v) is 3.17. The molecule has 0 aromatic heterocycles. The van der Waals surface area contributed by atoms with Crippen LogP contribution in [0.15, 0.2) is 64.2 Å². The van der Waals surface area contributed by atoms with Crippen LogP contribution in [0.4, 0.5) is 21.5 Å². The van der Waals surface area contributed by atoms with Crippen LogP contribution in [0.1, 0.15) is 11.1 Å². The van der Waals surface area contributed by atoms with Gasteiger partial charge in [0, 0.05) is 21.7 Å². The van der Waals surface area contributed by atoms with Crippen molar-refractivity contribution in [3.63, 3.8) is 0 Å². The molecule has 0 saturated carbocycles. The summed E-state index contributed by atoms with van der Waals surface area (Å²) in [6.45, 7) is -0.00568. The first-order chi connectivity index (χ1) is 15.8. The third-order valence-corrected chi connectivity index (χ3v) is 5.09. The van der Waals surface area contributed by atoms with Gasteiger partial charge in [0.15, 0.2) is 11.5 Å². The maximum atomic E-state index is 13.8. The minimum Gasteiger partial charge on any atom is -0.493 e. The summed E-state index contributed by atoms with van der Waals surface area (Å²) in [7, 11) is 1.44. The Labute approximate surface area is 195 Å². The maximum Gasteiger partial charge on any atom is 0.301 e. The molecule has 0 saturated heterocycles. The molecule has 3 aromatic carbocycles. The van der Waals surface area contributed by atoms with Crippen molar-refractivity contribution < 1.29 is 23.7 Å². The number of hydrazone groups is 1. The van der Waals surface area contributed by atoms with Crippen molar-refractivity contribution in [3.05, 3.63) is 96.2 Å². The maximum absolute atomic E-state index is 13.8. The minimum atomic E-state index is -0.745. The number of hydrogen-bond donors (Lipinski definition) is 1. The van der Waals surface area contributed by atoms with Crippen LogP contribution in [-0.2, 0) is 6.61 Å². The number of non-ortho nitro benzene ring substituents is 1. The van der Waals surface area contributed by atoms with E-state index in [1.54, 1.807) is 30.3 Å². The predicted octanol–water partition coefficient (Wildman–Crippen LogP) is 5.44. The Morgan fingerprint density at radius 3 is 2.52 bits per heavy atom. The highest BCUT2D eigenvalue weighted by Crippen LogP contribution is 2.34. The van der Waals surface area contributed by atoms with Crippen LogP contribution in [0, 0.1) is 26.0 Å². The second-order valence-corrected chi connectivity index (χ2v) is 7.34. The molecule has 0 aliphatic rings. The second-order valence-electron chi connectivity index (χ2n) is 6.49. The van der Waals surface area contributed by atoms with E-state index >= 15 is 0 Å². The smallest absolute Gasteiger partial charge is 0.301 e. The summed E-state index contributed by atoms with van der Waals surface area (Å²) in [4.78, 5) is 20.6. The number of hydrogen-bond acceptors (Lipinski definition) is 8. The van der Waals surface area contributed by atoms with Crippen LogP contribution in [0.5, 0.6) is 11.5 Å². The Bertz CT molecular complexity index is 1240. The highest BCUT2D eigenvalue weighted by atomic mass is 79.9. The minimum absolute atomic E-state index is 0.00568. The lowest BCUT2D eigenvalue weighted by molar-refractivity contribution is -0.393. The summed E-state index contributed by atoms with van der Waals surface area (Å²) < 4.78 is 25.4. The first-order valence-corrected chi connectivity index (χ1v) is 10.0. The Hall–Kier alpha value is -4.06.